The normalized spacial score (nSPS) is 33.0. The summed E-state index contributed by atoms with van der Waals surface area (Å²) < 4.78 is 10.6. The van der Waals surface area contributed by atoms with Crippen molar-refractivity contribution in [3.05, 3.63) is 0 Å². The van der Waals surface area contributed by atoms with Crippen molar-refractivity contribution < 1.29 is 9.47 Å². The summed E-state index contributed by atoms with van der Waals surface area (Å²) in [6.07, 6.45) is 1.02. The molecule has 2 nitrogen and oxygen atoms in total. The summed E-state index contributed by atoms with van der Waals surface area (Å²) in [7, 11) is 0. The molecule has 60 valence electrons. The van der Waals surface area contributed by atoms with Crippen molar-refractivity contribution in [2.75, 3.05) is 18.5 Å². The molecule has 1 heterocycles. The molecule has 0 radical (unpaired) electrons. The number of ether oxygens (including phenoxy) is 2. The van der Waals surface area contributed by atoms with Gasteiger partial charge in [-0.15, -0.1) is 0 Å². The van der Waals surface area contributed by atoms with Gasteiger partial charge in [0.1, 0.15) is 0 Å². The zero-order valence-electron chi connectivity index (χ0n) is 5.56. The molecule has 0 bridgehead atoms. The van der Waals surface area contributed by atoms with E-state index in [2.05, 4.69) is 31.9 Å². The first kappa shape index (κ1) is 8.97. The Balaban J connectivity index is 2.14. The van der Waals surface area contributed by atoms with Gasteiger partial charge in [-0.2, -0.15) is 0 Å². The van der Waals surface area contributed by atoms with Crippen LogP contribution in [0.3, 0.4) is 0 Å². The lowest BCUT2D eigenvalue weighted by Crippen LogP contribution is -2.20. The second-order valence-corrected chi connectivity index (χ2v) is 4.07. The van der Waals surface area contributed by atoms with Gasteiger partial charge in [0.25, 0.3) is 0 Å². The molecule has 0 aromatic rings. The highest BCUT2D eigenvalue weighted by Gasteiger charge is 2.25. The number of hydrogen-bond donors (Lipinski definition) is 0. The van der Waals surface area contributed by atoms with Crippen molar-refractivity contribution in [1.82, 2.24) is 0 Å². The van der Waals surface area contributed by atoms with Crippen molar-refractivity contribution in [3.8, 4) is 0 Å². The van der Waals surface area contributed by atoms with Gasteiger partial charge in [0, 0.05) is 5.33 Å². The molecule has 2 unspecified atom stereocenters. The summed E-state index contributed by atoms with van der Waals surface area (Å²) in [5.41, 5.74) is 0. The van der Waals surface area contributed by atoms with Crippen LogP contribution in [0.15, 0.2) is 0 Å². The Morgan fingerprint density at radius 1 is 1.60 bits per heavy atom. The van der Waals surface area contributed by atoms with E-state index >= 15 is 0 Å². The van der Waals surface area contributed by atoms with Gasteiger partial charge < -0.3 is 9.47 Å². The smallest absolute Gasteiger partial charge is 0.170 e. The Kier molecular flexibility index (Phi) is 4.21. The highest BCUT2D eigenvalue weighted by Crippen LogP contribution is 2.21. The second kappa shape index (κ2) is 4.70. The summed E-state index contributed by atoms with van der Waals surface area (Å²) in [6, 6.07) is 0. The van der Waals surface area contributed by atoms with Crippen LogP contribution in [-0.4, -0.2) is 29.7 Å². The Morgan fingerprint density at radius 3 is 2.90 bits per heavy atom. The third-order valence-corrected chi connectivity index (χ3v) is 2.54. The van der Waals surface area contributed by atoms with Gasteiger partial charge in [0.05, 0.1) is 18.0 Å². The molecule has 4 heteroatoms. The second-order valence-electron chi connectivity index (χ2n) is 2.10. The lowest BCUT2D eigenvalue weighted by atomic mass is 10.4. The van der Waals surface area contributed by atoms with Crippen LogP contribution < -0.4 is 0 Å². The topological polar surface area (TPSA) is 18.5 Å². The monoisotopic (exact) mass is 272 g/mol. The molecule has 1 saturated heterocycles. The van der Waals surface area contributed by atoms with E-state index in [1.54, 1.807) is 0 Å². The summed E-state index contributed by atoms with van der Waals surface area (Å²) in [5, 5.41) is 0.868. The van der Waals surface area contributed by atoms with Gasteiger partial charge in [-0.25, -0.2) is 0 Å². The maximum atomic E-state index is 5.35. The van der Waals surface area contributed by atoms with Gasteiger partial charge in [-0.1, -0.05) is 31.9 Å². The molecular formula is C6H10Br2O2. The van der Waals surface area contributed by atoms with Crippen LogP contribution in [0.2, 0.25) is 0 Å². The van der Waals surface area contributed by atoms with E-state index in [1.807, 2.05) is 0 Å². The number of hydrogen-bond acceptors (Lipinski definition) is 2. The van der Waals surface area contributed by atoms with Crippen LogP contribution in [0, 0.1) is 0 Å². The van der Waals surface area contributed by atoms with Gasteiger partial charge >= 0.3 is 0 Å². The fourth-order valence-corrected chi connectivity index (χ4v) is 1.53. The van der Waals surface area contributed by atoms with Crippen LogP contribution in [-0.2, 0) is 9.47 Å². The number of rotatable bonds is 3. The van der Waals surface area contributed by atoms with Crippen molar-refractivity contribution in [2.24, 2.45) is 0 Å². The summed E-state index contributed by atoms with van der Waals surface area (Å²) in [6.45, 7) is 1.52. The van der Waals surface area contributed by atoms with E-state index in [0.29, 0.717) is 11.4 Å². The quantitative estimate of drug-likeness (QED) is 0.732. The minimum Gasteiger partial charge on any atom is -0.351 e. The molecular weight excluding hydrogens is 264 g/mol. The first-order valence-corrected chi connectivity index (χ1v) is 5.31. The van der Waals surface area contributed by atoms with E-state index in [-0.39, 0.29) is 6.29 Å². The largest absolute Gasteiger partial charge is 0.351 e. The molecule has 0 amide bonds. The molecule has 0 aromatic heterocycles. The summed E-state index contributed by atoms with van der Waals surface area (Å²) in [5.74, 6) is 0. The molecule has 2 atom stereocenters. The molecule has 1 rings (SSSR count). The minimum absolute atomic E-state index is 0.0300. The maximum absolute atomic E-state index is 5.35. The molecule has 0 saturated carbocycles. The molecule has 0 aliphatic carbocycles. The fraction of sp³-hybridized carbons (Fsp3) is 1.00. The van der Waals surface area contributed by atoms with E-state index in [1.165, 1.54) is 0 Å². The predicted molar refractivity (Wildman–Crippen MR) is 46.8 cm³/mol. The molecule has 1 aliphatic heterocycles. The summed E-state index contributed by atoms with van der Waals surface area (Å²) in [4.78, 5) is 0.381. The Morgan fingerprint density at radius 2 is 2.40 bits per heavy atom. The zero-order chi connectivity index (χ0) is 7.40. The van der Waals surface area contributed by atoms with Gasteiger partial charge in [-0.05, 0) is 6.42 Å². The molecule has 0 spiro atoms. The first-order chi connectivity index (χ1) is 4.84. The minimum atomic E-state index is -0.0300. The first-order valence-electron chi connectivity index (χ1n) is 3.28. The van der Waals surface area contributed by atoms with Crippen molar-refractivity contribution >= 4 is 31.9 Å². The van der Waals surface area contributed by atoms with Crippen LogP contribution in [0.5, 0.6) is 0 Å². The van der Waals surface area contributed by atoms with Crippen LogP contribution in [0.25, 0.3) is 0 Å². The van der Waals surface area contributed by atoms with Gasteiger partial charge in [-0.3, -0.25) is 0 Å². The van der Waals surface area contributed by atoms with Crippen molar-refractivity contribution in [2.45, 2.75) is 17.5 Å². The molecule has 10 heavy (non-hydrogen) atoms. The average molecular weight is 274 g/mol. The third kappa shape index (κ3) is 2.49. The SMILES string of the molecule is BrCCOC1OCCC1Br. The third-order valence-electron chi connectivity index (χ3n) is 1.33. The van der Waals surface area contributed by atoms with Crippen molar-refractivity contribution in [1.29, 1.82) is 0 Å². The van der Waals surface area contributed by atoms with E-state index < -0.39 is 0 Å². The predicted octanol–water partition coefficient (Wildman–Crippen LogP) is 1.91. The van der Waals surface area contributed by atoms with Crippen LogP contribution in [0.1, 0.15) is 6.42 Å². The number of halogens is 2. The van der Waals surface area contributed by atoms with E-state index in [0.717, 1.165) is 18.4 Å². The fourth-order valence-electron chi connectivity index (χ4n) is 0.850. The number of alkyl halides is 2. The highest BCUT2D eigenvalue weighted by atomic mass is 79.9. The van der Waals surface area contributed by atoms with Crippen LogP contribution >= 0.6 is 31.9 Å². The van der Waals surface area contributed by atoms with Gasteiger partial charge in [0.2, 0.25) is 0 Å². The Bertz CT molecular complexity index is 99.7. The average Bonchev–Trinajstić information content (AvgIpc) is 2.31. The highest BCUT2D eigenvalue weighted by molar-refractivity contribution is 9.09. The van der Waals surface area contributed by atoms with E-state index in [4.69, 9.17) is 9.47 Å². The summed E-state index contributed by atoms with van der Waals surface area (Å²) >= 11 is 6.75. The van der Waals surface area contributed by atoms with Crippen LogP contribution in [0.4, 0.5) is 0 Å². The van der Waals surface area contributed by atoms with Gasteiger partial charge in [0.15, 0.2) is 6.29 Å². The van der Waals surface area contributed by atoms with Crippen molar-refractivity contribution in [3.63, 3.8) is 0 Å². The standard InChI is InChI=1S/C6H10Br2O2/c7-2-4-10-6-5(8)1-3-9-6/h5-6H,1-4H2. The zero-order valence-corrected chi connectivity index (χ0v) is 8.73. The lowest BCUT2D eigenvalue weighted by molar-refractivity contribution is -0.102. The molecule has 1 fully saturated rings. The Labute approximate surface area is 77.5 Å². The molecule has 0 N–H and O–H groups in total. The molecule has 1 aliphatic rings. The Hall–Kier alpha value is 0.880. The lowest BCUT2D eigenvalue weighted by Gasteiger charge is -2.12. The maximum Gasteiger partial charge on any atom is 0.170 e. The molecule has 0 aromatic carbocycles. The van der Waals surface area contributed by atoms with E-state index in [9.17, 15) is 0 Å².